The van der Waals surface area contributed by atoms with Gasteiger partial charge in [0.05, 0.1) is 11.9 Å². The van der Waals surface area contributed by atoms with Gasteiger partial charge in [0.15, 0.2) is 5.82 Å². The van der Waals surface area contributed by atoms with Crippen LogP contribution in [0.3, 0.4) is 0 Å². The van der Waals surface area contributed by atoms with Crippen molar-refractivity contribution in [2.75, 3.05) is 0 Å². The van der Waals surface area contributed by atoms with Crippen molar-refractivity contribution in [2.45, 2.75) is 25.9 Å². The Bertz CT molecular complexity index is 390. The molecule has 2 heterocycles. The predicted molar refractivity (Wildman–Crippen MR) is 64.3 cm³/mol. The van der Waals surface area contributed by atoms with Crippen molar-refractivity contribution < 1.29 is 0 Å². The fourth-order valence-electron chi connectivity index (χ4n) is 1.48. The Morgan fingerprint density at radius 1 is 1.47 bits per heavy atom. The van der Waals surface area contributed by atoms with Crippen LogP contribution in [0.5, 0.6) is 0 Å². The predicted octanol–water partition coefficient (Wildman–Crippen LogP) is 2.73. The highest BCUT2D eigenvalue weighted by molar-refractivity contribution is 7.21. The molecule has 15 heavy (non-hydrogen) atoms. The zero-order valence-corrected chi connectivity index (χ0v) is 10.3. The van der Waals surface area contributed by atoms with E-state index in [0.29, 0.717) is 5.92 Å². The first-order valence-electron chi connectivity index (χ1n) is 4.97. The molecule has 0 saturated carbocycles. The van der Waals surface area contributed by atoms with E-state index in [1.54, 1.807) is 6.20 Å². The molecule has 0 fully saturated rings. The van der Waals surface area contributed by atoms with Crippen LogP contribution in [-0.4, -0.2) is 16.4 Å². The standard InChI is InChI=1S/C10H15N4P/c1-7(2)8-5-11-13-9-4-10(3,15)6-12-14(8)9/h4-7H,15H2,1-3H3. The number of hydrazone groups is 1. The summed E-state index contributed by atoms with van der Waals surface area (Å²) in [5.74, 6) is 1.19. The van der Waals surface area contributed by atoms with Crippen molar-refractivity contribution in [3.05, 3.63) is 23.8 Å². The fraction of sp³-hybridized carbons (Fsp3) is 0.500. The van der Waals surface area contributed by atoms with E-state index < -0.39 is 0 Å². The molecule has 0 saturated heterocycles. The van der Waals surface area contributed by atoms with Gasteiger partial charge in [-0.2, -0.15) is 10.2 Å². The minimum absolute atomic E-state index is 0.121. The second-order valence-electron chi connectivity index (χ2n) is 4.35. The Kier molecular flexibility index (Phi) is 2.47. The molecule has 0 N–H and O–H groups in total. The van der Waals surface area contributed by atoms with E-state index in [1.807, 2.05) is 17.3 Å². The van der Waals surface area contributed by atoms with Crippen LogP contribution in [0.15, 0.2) is 39.1 Å². The van der Waals surface area contributed by atoms with Crippen molar-refractivity contribution in [3.8, 4) is 0 Å². The van der Waals surface area contributed by atoms with Crippen LogP contribution in [0.4, 0.5) is 0 Å². The van der Waals surface area contributed by atoms with Crippen LogP contribution in [0.25, 0.3) is 0 Å². The smallest absolute Gasteiger partial charge is 0.173 e. The van der Waals surface area contributed by atoms with E-state index >= 15 is 0 Å². The first-order valence-corrected chi connectivity index (χ1v) is 5.55. The van der Waals surface area contributed by atoms with Gasteiger partial charge in [0.25, 0.3) is 0 Å². The van der Waals surface area contributed by atoms with Crippen LogP contribution < -0.4 is 0 Å². The second kappa shape index (κ2) is 3.53. The summed E-state index contributed by atoms with van der Waals surface area (Å²) in [4.78, 5) is 0. The number of azo groups is 1. The summed E-state index contributed by atoms with van der Waals surface area (Å²) < 4.78 is 0. The maximum atomic E-state index is 4.40. The summed E-state index contributed by atoms with van der Waals surface area (Å²) in [6.45, 7) is 6.30. The molecule has 2 aliphatic rings. The minimum atomic E-state index is -0.121. The largest absolute Gasteiger partial charge is 0.216 e. The van der Waals surface area contributed by atoms with Gasteiger partial charge in [-0.15, -0.1) is 14.4 Å². The van der Waals surface area contributed by atoms with Crippen LogP contribution in [-0.2, 0) is 0 Å². The molecule has 0 bridgehead atoms. The molecule has 0 amide bonds. The SMILES string of the molecule is CC(C)C1=CN=NC2=CC(C)(P)C=NN21. The highest BCUT2D eigenvalue weighted by Gasteiger charge is 2.27. The van der Waals surface area contributed by atoms with Gasteiger partial charge in [-0.05, 0) is 18.9 Å². The second-order valence-corrected chi connectivity index (χ2v) is 5.59. The van der Waals surface area contributed by atoms with Crippen molar-refractivity contribution in [2.24, 2.45) is 21.2 Å². The first-order chi connectivity index (χ1) is 6.99. The summed E-state index contributed by atoms with van der Waals surface area (Å²) in [6, 6.07) is 0. The molecule has 80 valence electrons. The van der Waals surface area contributed by atoms with Crippen molar-refractivity contribution in [1.82, 2.24) is 5.01 Å². The number of allylic oxidation sites excluding steroid dienone is 2. The van der Waals surface area contributed by atoms with Gasteiger partial charge in [-0.1, -0.05) is 13.8 Å². The zero-order chi connectivity index (χ0) is 11.1. The highest BCUT2D eigenvalue weighted by atomic mass is 31.0. The van der Waals surface area contributed by atoms with Gasteiger partial charge in [-0.25, -0.2) is 5.01 Å². The van der Waals surface area contributed by atoms with Gasteiger partial charge in [-0.3, -0.25) is 0 Å². The molecule has 4 nitrogen and oxygen atoms in total. The molecule has 2 aliphatic heterocycles. The lowest BCUT2D eigenvalue weighted by Crippen LogP contribution is -2.30. The molecule has 0 aromatic rings. The third kappa shape index (κ3) is 2.00. The normalized spacial score (nSPS) is 29.0. The first kappa shape index (κ1) is 10.5. The Balaban J connectivity index is 2.36. The number of hydrogen-bond acceptors (Lipinski definition) is 4. The van der Waals surface area contributed by atoms with E-state index in [-0.39, 0.29) is 5.16 Å². The Labute approximate surface area is 92.0 Å². The van der Waals surface area contributed by atoms with Gasteiger partial charge in [0, 0.05) is 11.4 Å². The van der Waals surface area contributed by atoms with Crippen LogP contribution in [0, 0.1) is 5.92 Å². The van der Waals surface area contributed by atoms with E-state index in [2.05, 4.69) is 45.3 Å². The average Bonchev–Trinajstić information content (AvgIpc) is 2.14. The number of nitrogens with zero attached hydrogens (tertiary/aromatic N) is 4. The highest BCUT2D eigenvalue weighted by Crippen LogP contribution is 2.32. The summed E-state index contributed by atoms with van der Waals surface area (Å²) in [6.07, 6.45) is 5.71. The lowest BCUT2D eigenvalue weighted by Gasteiger charge is -2.31. The van der Waals surface area contributed by atoms with Crippen molar-refractivity contribution in [1.29, 1.82) is 0 Å². The molecular formula is C10H15N4P. The Morgan fingerprint density at radius 3 is 2.87 bits per heavy atom. The van der Waals surface area contributed by atoms with E-state index in [0.717, 1.165) is 11.5 Å². The van der Waals surface area contributed by atoms with Crippen LogP contribution >= 0.6 is 9.24 Å². The summed E-state index contributed by atoms with van der Waals surface area (Å²) >= 11 is 0. The molecule has 0 aromatic carbocycles. The molecule has 0 radical (unpaired) electrons. The number of rotatable bonds is 1. The monoisotopic (exact) mass is 222 g/mol. The van der Waals surface area contributed by atoms with Gasteiger partial charge in [0.1, 0.15) is 0 Å². The van der Waals surface area contributed by atoms with E-state index in [4.69, 9.17) is 0 Å². The third-order valence-electron chi connectivity index (χ3n) is 2.29. The van der Waals surface area contributed by atoms with E-state index in [9.17, 15) is 0 Å². The lowest BCUT2D eigenvalue weighted by molar-refractivity contribution is 0.376. The summed E-state index contributed by atoms with van der Waals surface area (Å²) in [7, 11) is 2.74. The topological polar surface area (TPSA) is 40.3 Å². The zero-order valence-electron chi connectivity index (χ0n) is 9.18. The fourth-order valence-corrected chi connectivity index (χ4v) is 1.70. The van der Waals surface area contributed by atoms with Crippen LogP contribution in [0.1, 0.15) is 20.8 Å². The van der Waals surface area contributed by atoms with Gasteiger partial charge >= 0.3 is 0 Å². The van der Waals surface area contributed by atoms with Gasteiger partial charge < -0.3 is 0 Å². The molecule has 2 rings (SSSR count). The number of hydrogen-bond donors (Lipinski definition) is 0. The molecule has 0 aliphatic carbocycles. The van der Waals surface area contributed by atoms with Crippen molar-refractivity contribution in [3.63, 3.8) is 0 Å². The molecule has 2 atom stereocenters. The number of fused-ring (bicyclic) bond motifs is 1. The summed E-state index contributed by atoms with van der Waals surface area (Å²) in [5.41, 5.74) is 1.08. The van der Waals surface area contributed by atoms with Gasteiger partial charge in [0.2, 0.25) is 0 Å². The molecule has 5 heteroatoms. The Hall–Kier alpha value is -1.02. The average molecular weight is 222 g/mol. The third-order valence-corrected chi connectivity index (χ3v) is 2.61. The van der Waals surface area contributed by atoms with Crippen molar-refractivity contribution >= 4 is 15.5 Å². The molecule has 0 aromatic heterocycles. The maximum absolute atomic E-state index is 4.40. The molecule has 2 unspecified atom stereocenters. The molecule has 0 spiro atoms. The quantitative estimate of drug-likeness (QED) is 0.629. The summed E-state index contributed by atoms with van der Waals surface area (Å²) in [5, 5.41) is 14.2. The Morgan fingerprint density at radius 2 is 2.20 bits per heavy atom. The minimum Gasteiger partial charge on any atom is -0.216 e. The maximum Gasteiger partial charge on any atom is 0.173 e. The lowest BCUT2D eigenvalue weighted by atomic mass is 10.1. The van der Waals surface area contributed by atoms with E-state index in [1.165, 1.54) is 0 Å². The molecular weight excluding hydrogens is 207 g/mol. The van der Waals surface area contributed by atoms with Crippen LogP contribution in [0.2, 0.25) is 0 Å².